The maximum Gasteiger partial charge on any atom is 0.459 e. The van der Waals surface area contributed by atoms with E-state index in [4.69, 9.17) is 19.5 Å². The van der Waals surface area contributed by atoms with Gasteiger partial charge in [-0.25, -0.2) is 9.36 Å². The minimum Gasteiger partial charge on any atom is -0.462 e. The van der Waals surface area contributed by atoms with Gasteiger partial charge in [-0.1, -0.05) is 24.8 Å². The third-order valence-electron chi connectivity index (χ3n) is 5.12. The Labute approximate surface area is 192 Å². The molecular formula is C22H29N4O6P. The number of para-hydroxylation sites is 1. The number of carbonyl (C=O) groups is 1. The van der Waals surface area contributed by atoms with Gasteiger partial charge in [0.15, 0.2) is 0 Å². The third-order valence-corrected chi connectivity index (χ3v) is 6.76. The minimum atomic E-state index is -3.95. The van der Waals surface area contributed by atoms with E-state index in [1.54, 1.807) is 56.4 Å². The summed E-state index contributed by atoms with van der Waals surface area (Å²) in [7, 11) is -3.95. The Kier molecular flexibility index (Phi) is 7.73. The van der Waals surface area contributed by atoms with Crippen LogP contribution in [0.3, 0.4) is 0 Å². The van der Waals surface area contributed by atoms with Crippen LogP contribution >= 0.6 is 7.75 Å². The number of ether oxygens (including phenoxy) is 1. The van der Waals surface area contributed by atoms with E-state index >= 15 is 0 Å². The molecule has 0 spiro atoms. The van der Waals surface area contributed by atoms with Crippen LogP contribution in [0.1, 0.15) is 33.2 Å². The number of nitrogens with one attached hydrogen (secondary N) is 1. The number of anilines is 1. The molecular weight excluding hydrogens is 447 g/mol. The van der Waals surface area contributed by atoms with Gasteiger partial charge < -0.3 is 15.0 Å². The lowest BCUT2D eigenvalue weighted by atomic mass is 9.76. The number of benzene rings is 1. The van der Waals surface area contributed by atoms with Crippen LogP contribution in [0, 0.1) is 5.92 Å². The van der Waals surface area contributed by atoms with Crippen molar-refractivity contribution in [3.63, 3.8) is 0 Å². The van der Waals surface area contributed by atoms with Gasteiger partial charge in [0.2, 0.25) is 0 Å². The molecule has 11 heteroatoms. The zero-order chi connectivity index (χ0) is 24.2. The summed E-state index contributed by atoms with van der Waals surface area (Å²) in [5.41, 5.74) is 5.82. The lowest BCUT2D eigenvalue weighted by Gasteiger charge is -2.39. The molecule has 1 fully saturated rings. The number of nitrogens with two attached hydrogens (primary N) is 1. The van der Waals surface area contributed by atoms with E-state index in [1.165, 1.54) is 11.5 Å². The van der Waals surface area contributed by atoms with Gasteiger partial charge in [-0.05, 0) is 51.0 Å². The van der Waals surface area contributed by atoms with Crippen LogP contribution < -0.4 is 21.0 Å². The smallest absolute Gasteiger partial charge is 0.459 e. The van der Waals surface area contributed by atoms with Crippen LogP contribution in [-0.2, 0) is 18.6 Å². The molecule has 0 amide bonds. The first-order chi connectivity index (χ1) is 15.6. The maximum absolute atomic E-state index is 13.5. The summed E-state index contributed by atoms with van der Waals surface area (Å²) in [6.45, 7) is 9.04. The van der Waals surface area contributed by atoms with Crippen LogP contribution in [0.4, 0.5) is 5.82 Å². The molecule has 1 heterocycles. The summed E-state index contributed by atoms with van der Waals surface area (Å²) >= 11 is 0. The second kappa shape index (κ2) is 10.3. The van der Waals surface area contributed by atoms with E-state index in [9.17, 15) is 14.2 Å². The Hall–Kier alpha value is -2.94. The van der Waals surface area contributed by atoms with E-state index in [1.807, 2.05) is 0 Å². The minimum absolute atomic E-state index is 0.0234. The predicted octanol–water partition coefficient (Wildman–Crippen LogP) is 3.08. The van der Waals surface area contributed by atoms with Crippen LogP contribution in [0.2, 0.25) is 0 Å². The average molecular weight is 476 g/mol. The summed E-state index contributed by atoms with van der Waals surface area (Å²) in [6.07, 6.45) is 1.80. The van der Waals surface area contributed by atoms with Crippen molar-refractivity contribution in [2.75, 3.05) is 12.3 Å². The van der Waals surface area contributed by atoms with Crippen LogP contribution in [0.15, 0.2) is 59.5 Å². The Bertz CT molecular complexity index is 1100. The Morgan fingerprint density at radius 2 is 2.00 bits per heavy atom. The van der Waals surface area contributed by atoms with E-state index in [0.717, 1.165) is 5.57 Å². The van der Waals surface area contributed by atoms with Crippen molar-refractivity contribution >= 4 is 19.5 Å². The summed E-state index contributed by atoms with van der Waals surface area (Å²) in [4.78, 5) is 28.0. The molecule has 3 rings (SSSR count). The zero-order valence-electron chi connectivity index (χ0n) is 18.8. The molecule has 0 radical (unpaired) electrons. The number of esters is 1. The number of carbonyl (C=O) groups excluding carboxylic acids is 1. The fraction of sp³-hybridized carbons (Fsp3) is 0.409. The second-order valence-corrected chi connectivity index (χ2v) is 9.79. The summed E-state index contributed by atoms with van der Waals surface area (Å²) in [5.74, 6) is -0.264. The number of hydrogen-bond donors (Lipinski definition) is 2. The summed E-state index contributed by atoms with van der Waals surface area (Å²) < 4.78 is 31.5. The fourth-order valence-corrected chi connectivity index (χ4v) is 4.87. The van der Waals surface area contributed by atoms with Crippen molar-refractivity contribution in [1.82, 2.24) is 14.6 Å². The topological polar surface area (TPSA) is 135 Å². The van der Waals surface area contributed by atoms with Crippen molar-refractivity contribution in [3.8, 4) is 5.75 Å². The normalized spacial score (nSPS) is 20.5. The Balaban J connectivity index is 1.67. The molecule has 0 aliphatic heterocycles. The third kappa shape index (κ3) is 6.31. The largest absolute Gasteiger partial charge is 0.462 e. The van der Waals surface area contributed by atoms with Crippen LogP contribution in [0.25, 0.3) is 0 Å². The Morgan fingerprint density at radius 1 is 1.30 bits per heavy atom. The van der Waals surface area contributed by atoms with Crippen molar-refractivity contribution < 1.29 is 23.1 Å². The molecule has 1 saturated carbocycles. The van der Waals surface area contributed by atoms with E-state index < -0.39 is 25.4 Å². The highest BCUT2D eigenvalue weighted by Gasteiger charge is 2.39. The van der Waals surface area contributed by atoms with Crippen LogP contribution in [0.5, 0.6) is 5.75 Å². The number of nitrogens with zero attached hydrogens (tertiary/aromatic N) is 2. The fourth-order valence-electron chi connectivity index (χ4n) is 3.34. The van der Waals surface area contributed by atoms with E-state index in [2.05, 4.69) is 16.7 Å². The molecule has 1 aromatic heterocycles. The molecule has 10 nitrogen and oxygen atoms in total. The molecule has 178 valence electrons. The lowest BCUT2D eigenvalue weighted by Crippen LogP contribution is -2.40. The maximum atomic E-state index is 13.5. The van der Waals surface area contributed by atoms with Crippen LogP contribution in [-0.4, -0.2) is 34.3 Å². The molecule has 0 saturated heterocycles. The summed E-state index contributed by atoms with van der Waals surface area (Å²) in [6, 6.07) is 8.88. The molecule has 1 aromatic carbocycles. The molecule has 33 heavy (non-hydrogen) atoms. The number of rotatable bonds is 10. The standard InChI is InChI=1S/C22H29N4O6P/c1-14(2)31-21(27)16(4)25-33(29,32-18-8-6-5-7-9-18)30-13-17-12-19(15(17)3)26-11-10-20(23)24-22(26)28/h5-11,14,16-17,19H,3,12-13H2,1-2,4H3,(H,25,29)(H2,23,24,28)/t16-,17-,19-,33?/m0/s1. The molecule has 1 aliphatic carbocycles. The summed E-state index contributed by atoms with van der Waals surface area (Å²) in [5, 5.41) is 2.65. The van der Waals surface area contributed by atoms with Crippen molar-refractivity contribution in [2.24, 2.45) is 5.92 Å². The monoisotopic (exact) mass is 476 g/mol. The number of aromatic nitrogens is 2. The first-order valence-corrected chi connectivity index (χ1v) is 12.1. The highest BCUT2D eigenvalue weighted by atomic mass is 31.2. The van der Waals surface area contributed by atoms with Gasteiger partial charge in [0.1, 0.15) is 17.6 Å². The quantitative estimate of drug-likeness (QED) is 0.301. The van der Waals surface area contributed by atoms with Crippen molar-refractivity contribution in [2.45, 2.75) is 45.4 Å². The van der Waals surface area contributed by atoms with Gasteiger partial charge in [0, 0.05) is 12.1 Å². The van der Waals surface area contributed by atoms with Gasteiger partial charge in [-0.3, -0.25) is 13.9 Å². The van der Waals surface area contributed by atoms with Crippen molar-refractivity contribution in [1.29, 1.82) is 0 Å². The number of hydrogen-bond acceptors (Lipinski definition) is 8. The average Bonchev–Trinajstić information content (AvgIpc) is 2.74. The highest BCUT2D eigenvalue weighted by Crippen LogP contribution is 2.49. The van der Waals surface area contributed by atoms with Crippen molar-refractivity contribution in [3.05, 3.63) is 65.2 Å². The van der Waals surface area contributed by atoms with Gasteiger partial charge in [0.25, 0.3) is 0 Å². The Morgan fingerprint density at radius 3 is 2.61 bits per heavy atom. The lowest BCUT2D eigenvalue weighted by molar-refractivity contribution is -0.149. The predicted molar refractivity (Wildman–Crippen MR) is 124 cm³/mol. The molecule has 1 aliphatic rings. The molecule has 0 bridgehead atoms. The molecule has 3 N–H and O–H groups in total. The second-order valence-electron chi connectivity index (χ2n) is 8.10. The first kappa shape index (κ1) is 24.7. The van der Waals surface area contributed by atoms with E-state index in [0.29, 0.717) is 12.2 Å². The van der Waals surface area contributed by atoms with Gasteiger partial charge >= 0.3 is 19.4 Å². The zero-order valence-corrected chi connectivity index (χ0v) is 19.7. The highest BCUT2D eigenvalue weighted by molar-refractivity contribution is 7.52. The van der Waals surface area contributed by atoms with Gasteiger partial charge in [-0.15, -0.1) is 0 Å². The van der Waals surface area contributed by atoms with E-state index in [-0.39, 0.29) is 30.5 Å². The molecule has 4 atom stereocenters. The van der Waals surface area contributed by atoms with Gasteiger partial charge in [-0.2, -0.15) is 10.1 Å². The first-order valence-electron chi connectivity index (χ1n) is 10.6. The molecule has 1 unspecified atom stereocenters. The SMILES string of the molecule is C=C1[C@H](COP(=O)(N[C@@H](C)C(=O)OC(C)C)Oc2ccccc2)C[C@@H]1n1ccc(N)nc1=O. The molecule has 2 aromatic rings. The number of nitrogen functional groups attached to an aromatic ring is 1. The van der Waals surface area contributed by atoms with Gasteiger partial charge in [0.05, 0.1) is 18.8 Å².